The Morgan fingerprint density at radius 1 is 1.38 bits per heavy atom. The van der Waals surface area contributed by atoms with Gasteiger partial charge in [-0.1, -0.05) is 5.16 Å². The van der Waals surface area contributed by atoms with E-state index >= 15 is 0 Å². The van der Waals surface area contributed by atoms with Crippen LogP contribution in [0.4, 0.5) is 0 Å². The van der Waals surface area contributed by atoms with E-state index in [-0.39, 0.29) is 18.3 Å². The minimum Gasteiger partial charge on any atom is -0.497 e. The first kappa shape index (κ1) is 16.6. The van der Waals surface area contributed by atoms with Crippen molar-refractivity contribution in [2.24, 2.45) is 16.3 Å². The molecule has 1 rings (SSSR count). The van der Waals surface area contributed by atoms with Gasteiger partial charge < -0.3 is 25.7 Å². The SMILES string of the molecule is COc1ccc(CNC(=O)C(C)(C)C(N)=NO)c(OC)c1. The van der Waals surface area contributed by atoms with Crippen molar-refractivity contribution in [2.45, 2.75) is 20.4 Å². The van der Waals surface area contributed by atoms with Gasteiger partial charge in [0.2, 0.25) is 5.91 Å². The molecule has 21 heavy (non-hydrogen) atoms. The van der Waals surface area contributed by atoms with Gasteiger partial charge in [-0.3, -0.25) is 4.79 Å². The van der Waals surface area contributed by atoms with E-state index in [0.29, 0.717) is 11.5 Å². The van der Waals surface area contributed by atoms with E-state index in [1.54, 1.807) is 46.3 Å². The van der Waals surface area contributed by atoms with Gasteiger partial charge in [0, 0.05) is 18.2 Å². The van der Waals surface area contributed by atoms with Crippen LogP contribution >= 0.6 is 0 Å². The number of amidine groups is 1. The van der Waals surface area contributed by atoms with Gasteiger partial charge in [-0.15, -0.1) is 0 Å². The number of nitrogens with one attached hydrogen (secondary N) is 1. The number of nitrogens with two attached hydrogens (primary N) is 1. The molecule has 0 aromatic heterocycles. The van der Waals surface area contributed by atoms with Crippen LogP contribution in [0.3, 0.4) is 0 Å². The second-order valence-corrected chi connectivity index (χ2v) is 4.97. The fourth-order valence-electron chi connectivity index (χ4n) is 1.64. The highest BCUT2D eigenvalue weighted by molar-refractivity contribution is 6.05. The van der Waals surface area contributed by atoms with E-state index in [2.05, 4.69) is 10.5 Å². The van der Waals surface area contributed by atoms with Gasteiger partial charge >= 0.3 is 0 Å². The first-order valence-corrected chi connectivity index (χ1v) is 6.34. The van der Waals surface area contributed by atoms with Crippen LogP contribution in [0.2, 0.25) is 0 Å². The molecular formula is C14H21N3O4. The number of oxime groups is 1. The van der Waals surface area contributed by atoms with Crippen LogP contribution in [0, 0.1) is 5.41 Å². The first-order chi connectivity index (χ1) is 9.86. The first-order valence-electron chi connectivity index (χ1n) is 6.34. The zero-order valence-corrected chi connectivity index (χ0v) is 12.6. The number of hydrogen-bond donors (Lipinski definition) is 3. The molecule has 0 fully saturated rings. The van der Waals surface area contributed by atoms with Gasteiger partial charge in [-0.25, -0.2) is 0 Å². The molecule has 0 bridgehead atoms. The van der Waals surface area contributed by atoms with Crippen molar-refractivity contribution >= 4 is 11.7 Å². The maximum absolute atomic E-state index is 12.1. The molecule has 0 atom stereocenters. The molecule has 116 valence electrons. The van der Waals surface area contributed by atoms with Crippen molar-refractivity contribution in [1.82, 2.24) is 5.32 Å². The van der Waals surface area contributed by atoms with Crippen LogP contribution in [0.5, 0.6) is 11.5 Å². The summed E-state index contributed by atoms with van der Waals surface area (Å²) < 4.78 is 10.4. The fourth-order valence-corrected chi connectivity index (χ4v) is 1.64. The molecule has 7 nitrogen and oxygen atoms in total. The number of amides is 1. The van der Waals surface area contributed by atoms with E-state index in [0.717, 1.165) is 5.56 Å². The summed E-state index contributed by atoms with van der Waals surface area (Å²) >= 11 is 0. The molecule has 0 spiro atoms. The second kappa shape index (κ2) is 6.83. The standard InChI is InChI=1S/C14H21N3O4/c1-14(2,12(15)17-19)13(18)16-8-9-5-6-10(20-3)7-11(9)21-4/h5-7,19H,8H2,1-4H3,(H2,15,17)(H,16,18). The molecule has 0 aliphatic rings. The van der Waals surface area contributed by atoms with E-state index in [4.69, 9.17) is 20.4 Å². The Hall–Kier alpha value is -2.44. The van der Waals surface area contributed by atoms with Crippen molar-refractivity contribution in [3.8, 4) is 11.5 Å². The van der Waals surface area contributed by atoms with Crippen molar-refractivity contribution in [1.29, 1.82) is 0 Å². The number of carbonyl (C=O) groups excluding carboxylic acids is 1. The minimum atomic E-state index is -1.10. The topological polar surface area (TPSA) is 106 Å². The summed E-state index contributed by atoms with van der Waals surface area (Å²) in [4.78, 5) is 12.1. The van der Waals surface area contributed by atoms with Crippen molar-refractivity contribution in [2.75, 3.05) is 14.2 Å². The third kappa shape index (κ3) is 3.77. The van der Waals surface area contributed by atoms with Crippen LogP contribution in [0.25, 0.3) is 0 Å². The minimum absolute atomic E-state index is 0.151. The Morgan fingerprint density at radius 2 is 2.05 bits per heavy atom. The fraction of sp³-hybridized carbons (Fsp3) is 0.429. The maximum Gasteiger partial charge on any atom is 0.233 e. The number of hydrogen-bond acceptors (Lipinski definition) is 5. The summed E-state index contributed by atoms with van der Waals surface area (Å²) in [5, 5.41) is 14.3. The number of carbonyl (C=O) groups is 1. The Labute approximate surface area is 123 Å². The summed E-state index contributed by atoms with van der Waals surface area (Å²) in [5.74, 6) is 0.771. The lowest BCUT2D eigenvalue weighted by molar-refractivity contribution is -0.126. The van der Waals surface area contributed by atoms with Crippen LogP contribution < -0.4 is 20.5 Å². The smallest absolute Gasteiger partial charge is 0.233 e. The Kier molecular flexibility index (Phi) is 5.40. The van der Waals surface area contributed by atoms with Crippen molar-refractivity contribution in [3.63, 3.8) is 0 Å². The molecule has 1 amide bonds. The molecule has 1 aromatic carbocycles. The molecule has 0 aliphatic heterocycles. The lowest BCUT2D eigenvalue weighted by Crippen LogP contribution is -2.45. The number of nitrogens with zero attached hydrogens (tertiary/aromatic N) is 1. The van der Waals surface area contributed by atoms with Crippen LogP contribution in [0.15, 0.2) is 23.4 Å². The summed E-state index contributed by atoms with van der Waals surface area (Å²) in [7, 11) is 3.11. The van der Waals surface area contributed by atoms with E-state index < -0.39 is 5.41 Å². The predicted octanol–water partition coefficient (Wildman–Crippen LogP) is 1.09. The summed E-state index contributed by atoms with van der Waals surface area (Å²) in [6.45, 7) is 3.40. The summed E-state index contributed by atoms with van der Waals surface area (Å²) in [6.07, 6.45) is 0. The monoisotopic (exact) mass is 295 g/mol. The number of methoxy groups -OCH3 is 2. The summed E-state index contributed by atoms with van der Waals surface area (Å²) in [6, 6.07) is 5.31. The van der Waals surface area contributed by atoms with Gasteiger partial charge in [0.25, 0.3) is 0 Å². The van der Waals surface area contributed by atoms with Crippen molar-refractivity contribution < 1.29 is 19.5 Å². The average Bonchev–Trinajstić information content (AvgIpc) is 2.51. The largest absolute Gasteiger partial charge is 0.497 e. The zero-order chi connectivity index (χ0) is 16.0. The summed E-state index contributed by atoms with van der Waals surface area (Å²) in [5.41, 5.74) is 5.20. The van der Waals surface area contributed by atoms with E-state index in [1.807, 2.05) is 0 Å². The molecule has 0 saturated carbocycles. The quantitative estimate of drug-likeness (QED) is 0.315. The van der Waals surface area contributed by atoms with Gasteiger partial charge in [0.15, 0.2) is 5.84 Å². The lowest BCUT2D eigenvalue weighted by Gasteiger charge is -2.22. The zero-order valence-electron chi connectivity index (χ0n) is 12.6. The molecular weight excluding hydrogens is 274 g/mol. The lowest BCUT2D eigenvalue weighted by atomic mass is 9.91. The number of benzene rings is 1. The van der Waals surface area contributed by atoms with Gasteiger partial charge in [0.1, 0.15) is 16.9 Å². The van der Waals surface area contributed by atoms with Crippen LogP contribution in [0.1, 0.15) is 19.4 Å². The Morgan fingerprint density at radius 3 is 2.57 bits per heavy atom. The third-order valence-corrected chi connectivity index (χ3v) is 3.25. The van der Waals surface area contributed by atoms with Crippen LogP contribution in [-0.4, -0.2) is 31.2 Å². The number of ether oxygens (including phenoxy) is 2. The molecule has 0 radical (unpaired) electrons. The molecule has 0 saturated heterocycles. The number of rotatable bonds is 6. The molecule has 0 unspecified atom stereocenters. The molecule has 7 heteroatoms. The average molecular weight is 295 g/mol. The van der Waals surface area contributed by atoms with Gasteiger partial charge in [0.05, 0.1) is 14.2 Å². The van der Waals surface area contributed by atoms with Gasteiger partial charge in [-0.05, 0) is 26.0 Å². The molecule has 0 heterocycles. The predicted molar refractivity (Wildman–Crippen MR) is 78.6 cm³/mol. The maximum atomic E-state index is 12.1. The van der Waals surface area contributed by atoms with E-state index in [9.17, 15) is 4.79 Å². The highest BCUT2D eigenvalue weighted by atomic mass is 16.5. The molecule has 0 aliphatic carbocycles. The highest BCUT2D eigenvalue weighted by Crippen LogP contribution is 2.25. The van der Waals surface area contributed by atoms with Crippen LogP contribution in [-0.2, 0) is 11.3 Å². The molecule has 1 aromatic rings. The molecule has 4 N–H and O–H groups in total. The van der Waals surface area contributed by atoms with E-state index in [1.165, 1.54) is 0 Å². The Bertz CT molecular complexity index is 541. The highest BCUT2D eigenvalue weighted by Gasteiger charge is 2.32. The third-order valence-electron chi connectivity index (χ3n) is 3.25. The van der Waals surface area contributed by atoms with Crippen molar-refractivity contribution in [3.05, 3.63) is 23.8 Å². The Balaban J connectivity index is 2.82. The second-order valence-electron chi connectivity index (χ2n) is 4.97. The normalized spacial score (nSPS) is 11.9. The van der Waals surface area contributed by atoms with Gasteiger partial charge in [-0.2, -0.15) is 0 Å².